The molecule has 1 aromatic carbocycles. The number of aliphatic carboxylic acids is 1. The van der Waals surface area contributed by atoms with Crippen LogP contribution < -0.4 is 10.6 Å². The highest BCUT2D eigenvalue weighted by Crippen LogP contribution is 2.26. The van der Waals surface area contributed by atoms with Crippen molar-refractivity contribution in [2.75, 3.05) is 13.1 Å². The number of carboxylic acid groups (broad SMARTS) is 1. The second-order valence-electron chi connectivity index (χ2n) is 7.17. The van der Waals surface area contributed by atoms with Crippen LogP contribution in [0.3, 0.4) is 0 Å². The number of rotatable bonds is 8. The van der Waals surface area contributed by atoms with Gasteiger partial charge in [0.05, 0.1) is 12.7 Å². The van der Waals surface area contributed by atoms with E-state index in [0.29, 0.717) is 13.1 Å². The highest BCUT2D eigenvalue weighted by Gasteiger charge is 2.34. The number of hydrogen-bond donors (Lipinski definition) is 3. The number of aryl methyl sites for hydroxylation is 1. The number of likely N-dealkylation sites (N-methyl/N-ethyl adjacent to an activating group) is 1. The van der Waals surface area contributed by atoms with Crippen molar-refractivity contribution in [2.45, 2.75) is 38.4 Å². The van der Waals surface area contributed by atoms with E-state index in [0.717, 1.165) is 29.5 Å². The highest BCUT2D eigenvalue weighted by molar-refractivity contribution is 5.75. The highest BCUT2D eigenvalue weighted by atomic mass is 16.4. The molecule has 0 aliphatic heterocycles. The SMILES string of the molecule is CCN(CC(=O)O)C1CC(NC(=O)NCc2ccccc2-c2cnn(C)c2)C1. The molecule has 0 radical (unpaired) electrons. The molecule has 1 heterocycles. The topological polar surface area (TPSA) is 99.5 Å². The molecule has 3 rings (SSSR count). The zero-order valence-electron chi connectivity index (χ0n) is 16.3. The molecule has 3 N–H and O–H groups in total. The molecular formula is C20H27N5O3. The third-order valence-corrected chi connectivity index (χ3v) is 5.18. The van der Waals surface area contributed by atoms with Gasteiger partial charge in [-0.3, -0.25) is 14.4 Å². The molecule has 0 saturated heterocycles. The minimum atomic E-state index is -0.816. The maximum Gasteiger partial charge on any atom is 0.317 e. The largest absolute Gasteiger partial charge is 0.480 e. The molecule has 1 aromatic heterocycles. The smallest absolute Gasteiger partial charge is 0.317 e. The van der Waals surface area contributed by atoms with E-state index in [-0.39, 0.29) is 24.7 Å². The number of carbonyl (C=O) groups excluding carboxylic acids is 1. The van der Waals surface area contributed by atoms with E-state index in [1.54, 1.807) is 4.68 Å². The molecule has 0 unspecified atom stereocenters. The Bertz CT molecular complexity index is 829. The molecule has 8 heteroatoms. The van der Waals surface area contributed by atoms with Crippen molar-refractivity contribution >= 4 is 12.0 Å². The number of benzene rings is 1. The minimum Gasteiger partial charge on any atom is -0.480 e. The maximum atomic E-state index is 12.2. The third-order valence-electron chi connectivity index (χ3n) is 5.18. The average Bonchev–Trinajstić information content (AvgIpc) is 3.07. The van der Waals surface area contributed by atoms with Crippen LogP contribution in [0, 0.1) is 0 Å². The summed E-state index contributed by atoms with van der Waals surface area (Å²) in [6, 6.07) is 8.03. The van der Waals surface area contributed by atoms with Crippen molar-refractivity contribution in [3.05, 3.63) is 42.2 Å². The van der Waals surface area contributed by atoms with Gasteiger partial charge in [-0.1, -0.05) is 31.2 Å². The van der Waals surface area contributed by atoms with Crippen molar-refractivity contribution in [3.8, 4) is 11.1 Å². The second kappa shape index (κ2) is 8.88. The van der Waals surface area contributed by atoms with Crippen molar-refractivity contribution in [3.63, 3.8) is 0 Å². The lowest BCUT2D eigenvalue weighted by molar-refractivity contribution is -0.139. The second-order valence-corrected chi connectivity index (χ2v) is 7.17. The molecule has 28 heavy (non-hydrogen) atoms. The summed E-state index contributed by atoms with van der Waals surface area (Å²) in [4.78, 5) is 25.1. The molecular weight excluding hydrogens is 358 g/mol. The first kappa shape index (κ1) is 19.9. The molecule has 1 saturated carbocycles. The number of hydrogen-bond acceptors (Lipinski definition) is 4. The van der Waals surface area contributed by atoms with Crippen LogP contribution in [0.25, 0.3) is 11.1 Å². The average molecular weight is 385 g/mol. The summed E-state index contributed by atoms with van der Waals surface area (Å²) in [5, 5.41) is 19.1. The monoisotopic (exact) mass is 385 g/mol. The summed E-state index contributed by atoms with van der Waals surface area (Å²) in [6.07, 6.45) is 5.32. The van der Waals surface area contributed by atoms with Crippen LogP contribution in [0.4, 0.5) is 4.79 Å². The lowest BCUT2D eigenvalue weighted by Crippen LogP contribution is -2.56. The zero-order valence-corrected chi connectivity index (χ0v) is 16.3. The summed E-state index contributed by atoms with van der Waals surface area (Å²) in [5.74, 6) is -0.816. The molecule has 1 aliphatic rings. The Morgan fingerprint density at radius 3 is 2.71 bits per heavy atom. The third kappa shape index (κ3) is 4.89. The summed E-state index contributed by atoms with van der Waals surface area (Å²) in [6.45, 7) is 3.12. The predicted octanol–water partition coefficient (Wildman–Crippen LogP) is 1.82. The van der Waals surface area contributed by atoms with Gasteiger partial charge in [-0.2, -0.15) is 5.10 Å². The summed E-state index contributed by atoms with van der Waals surface area (Å²) < 4.78 is 1.75. The standard InChI is InChI=1S/C20H27N5O3/c1-3-25(13-19(26)27)17-8-16(9-17)23-20(28)21-10-14-6-4-5-7-18(14)15-11-22-24(2)12-15/h4-7,11-12,16-17H,3,8-10,13H2,1-2H3,(H,26,27)(H2,21,23,28). The van der Waals surface area contributed by atoms with Gasteiger partial charge >= 0.3 is 12.0 Å². The zero-order chi connectivity index (χ0) is 20.1. The predicted molar refractivity (Wildman–Crippen MR) is 106 cm³/mol. The molecule has 0 bridgehead atoms. The number of carboxylic acids is 1. The number of urea groups is 1. The van der Waals surface area contributed by atoms with Gasteiger partial charge in [-0.05, 0) is 30.5 Å². The van der Waals surface area contributed by atoms with Crippen LogP contribution in [0.2, 0.25) is 0 Å². The molecule has 0 atom stereocenters. The Balaban J connectivity index is 1.48. The Labute approximate surface area is 164 Å². The van der Waals surface area contributed by atoms with Gasteiger partial charge < -0.3 is 15.7 Å². The maximum absolute atomic E-state index is 12.2. The quantitative estimate of drug-likeness (QED) is 0.644. The van der Waals surface area contributed by atoms with Crippen LogP contribution in [-0.4, -0.2) is 57.0 Å². The van der Waals surface area contributed by atoms with E-state index in [2.05, 4.69) is 15.7 Å². The lowest BCUT2D eigenvalue weighted by atomic mass is 9.85. The first-order valence-electron chi connectivity index (χ1n) is 9.53. The van der Waals surface area contributed by atoms with E-state index in [1.165, 1.54) is 0 Å². The normalized spacial score (nSPS) is 18.5. The van der Waals surface area contributed by atoms with Crippen LogP contribution in [0.15, 0.2) is 36.7 Å². The first-order valence-corrected chi connectivity index (χ1v) is 9.53. The molecule has 2 aromatic rings. The Hall–Kier alpha value is -2.87. The van der Waals surface area contributed by atoms with Gasteiger partial charge in [0.1, 0.15) is 0 Å². The first-order chi connectivity index (χ1) is 13.5. The molecule has 1 aliphatic carbocycles. The summed E-state index contributed by atoms with van der Waals surface area (Å²) >= 11 is 0. The van der Waals surface area contributed by atoms with Crippen molar-refractivity contribution in [1.82, 2.24) is 25.3 Å². The molecule has 150 valence electrons. The number of amides is 2. The summed E-state index contributed by atoms with van der Waals surface area (Å²) in [5.41, 5.74) is 3.09. The van der Waals surface area contributed by atoms with E-state index < -0.39 is 5.97 Å². The van der Waals surface area contributed by atoms with Crippen molar-refractivity contribution < 1.29 is 14.7 Å². The fourth-order valence-electron chi connectivity index (χ4n) is 3.60. The van der Waals surface area contributed by atoms with E-state index in [4.69, 9.17) is 5.11 Å². The van der Waals surface area contributed by atoms with Crippen molar-refractivity contribution in [1.29, 1.82) is 0 Å². The van der Waals surface area contributed by atoms with Crippen LogP contribution in [0.1, 0.15) is 25.3 Å². The van der Waals surface area contributed by atoms with Gasteiger partial charge in [0, 0.05) is 37.4 Å². The Kier molecular flexibility index (Phi) is 6.30. The fourth-order valence-corrected chi connectivity index (χ4v) is 3.60. The summed E-state index contributed by atoms with van der Waals surface area (Å²) in [7, 11) is 1.87. The van der Waals surface area contributed by atoms with Gasteiger partial charge in [0.15, 0.2) is 0 Å². The molecule has 2 amide bonds. The van der Waals surface area contributed by atoms with Gasteiger partial charge in [0.2, 0.25) is 0 Å². The van der Waals surface area contributed by atoms with E-state index in [9.17, 15) is 9.59 Å². The lowest BCUT2D eigenvalue weighted by Gasteiger charge is -2.42. The molecule has 0 spiro atoms. The fraction of sp³-hybridized carbons (Fsp3) is 0.450. The Morgan fingerprint density at radius 2 is 2.07 bits per heavy atom. The van der Waals surface area contributed by atoms with Gasteiger partial charge in [-0.25, -0.2) is 4.79 Å². The number of nitrogens with one attached hydrogen (secondary N) is 2. The molecule has 8 nitrogen and oxygen atoms in total. The van der Waals surface area contributed by atoms with Gasteiger partial charge in [-0.15, -0.1) is 0 Å². The van der Waals surface area contributed by atoms with Gasteiger partial charge in [0.25, 0.3) is 0 Å². The minimum absolute atomic E-state index is 0.0468. The van der Waals surface area contributed by atoms with Crippen molar-refractivity contribution in [2.24, 2.45) is 7.05 Å². The van der Waals surface area contributed by atoms with Crippen LogP contribution >= 0.6 is 0 Å². The Morgan fingerprint density at radius 1 is 1.32 bits per heavy atom. The van der Waals surface area contributed by atoms with Crippen LogP contribution in [0.5, 0.6) is 0 Å². The van der Waals surface area contributed by atoms with E-state index >= 15 is 0 Å². The molecule has 1 fully saturated rings. The van der Waals surface area contributed by atoms with E-state index in [1.807, 2.05) is 55.5 Å². The van der Waals surface area contributed by atoms with Crippen LogP contribution in [-0.2, 0) is 18.4 Å². The number of carbonyl (C=O) groups is 2. The number of aromatic nitrogens is 2. The number of nitrogens with zero attached hydrogens (tertiary/aromatic N) is 3.